The molecule has 0 amide bonds. The molecule has 2 aromatic carbocycles. The maximum absolute atomic E-state index is 13.4. The van der Waals surface area contributed by atoms with Crippen molar-refractivity contribution in [2.45, 2.75) is 38.4 Å². The lowest BCUT2D eigenvalue weighted by Crippen LogP contribution is -2.52. The van der Waals surface area contributed by atoms with Gasteiger partial charge in [0.1, 0.15) is 6.04 Å². The zero-order valence-corrected chi connectivity index (χ0v) is 19.4. The number of fused-ring (bicyclic) bond motifs is 2. The smallest absolute Gasteiger partial charge is 0.253 e. The Morgan fingerprint density at radius 2 is 1.97 bits per heavy atom. The number of benzene rings is 2. The lowest BCUT2D eigenvalue weighted by atomic mass is 10.0. The van der Waals surface area contributed by atoms with Gasteiger partial charge in [0.15, 0.2) is 5.82 Å². The van der Waals surface area contributed by atoms with E-state index >= 15 is 0 Å². The molecule has 2 aliphatic rings. The third-order valence-corrected chi connectivity index (χ3v) is 7.29. The van der Waals surface area contributed by atoms with Crippen molar-refractivity contribution < 1.29 is 0 Å². The van der Waals surface area contributed by atoms with E-state index in [1.54, 1.807) is 0 Å². The molecule has 2 aromatic heterocycles. The van der Waals surface area contributed by atoms with Gasteiger partial charge in [-0.1, -0.05) is 42.0 Å². The SMILES string of the molecule is Cc1ccc2[nH]c(=O)c([C@H](c3nnnn3Cc3ccccc3)N3CCN4CCC[C@@H]4C3)cc2c1. The molecule has 0 unspecified atom stereocenters. The first-order chi connectivity index (χ1) is 16.7. The van der Waals surface area contributed by atoms with Crippen LogP contribution in [0.1, 0.15) is 41.4 Å². The third kappa shape index (κ3) is 3.93. The van der Waals surface area contributed by atoms with Crippen molar-refractivity contribution in [3.05, 3.63) is 87.5 Å². The first-order valence-corrected chi connectivity index (χ1v) is 12.1. The van der Waals surface area contributed by atoms with Gasteiger partial charge in [-0.15, -0.1) is 5.10 Å². The van der Waals surface area contributed by atoms with Crippen LogP contribution in [0.15, 0.2) is 59.4 Å². The molecule has 8 heteroatoms. The zero-order chi connectivity index (χ0) is 23.1. The van der Waals surface area contributed by atoms with Crippen molar-refractivity contribution in [3.8, 4) is 0 Å². The number of piperazine rings is 1. The minimum atomic E-state index is -0.310. The van der Waals surface area contributed by atoms with Crippen molar-refractivity contribution in [3.63, 3.8) is 0 Å². The first-order valence-electron chi connectivity index (χ1n) is 12.1. The van der Waals surface area contributed by atoms with Gasteiger partial charge in [0.05, 0.1) is 6.54 Å². The van der Waals surface area contributed by atoms with Gasteiger partial charge >= 0.3 is 0 Å². The Labute approximate surface area is 198 Å². The Balaban J connectivity index is 1.46. The summed E-state index contributed by atoms with van der Waals surface area (Å²) < 4.78 is 1.85. The average molecular weight is 456 g/mol. The van der Waals surface area contributed by atoms with E-state index < -0.39 is 0 Å². The summed E-state index contributed by atoms with van der Waals surface area (Å²) >= 11 is 0. The summed E-state index contributed by atoms with van der Waals surface area (Å²) in [6.45, 7) is 6.60. The summed E-state index contributed by atoms with van der Waals surface area (Å²) in [5.74, 6) is 0.716. The highest BCUT2D eigenvalue weighted by atomic mass is 16.1. The van der Waals surface area contributed by atoms with Gasteiger partial charge in [-0.3, -0.25) is 14.6 Å². The Morgan fingerprint density at radius 3 is 2.85 bits per heavy atom. The topological polar surface area (TPSA) is 82.9 Å². The molecular weight excluding hydrogens is 426 g/mol. The van der Waals surface area contributed by atoms with Gasteiger partial charge in [0.25, 0.3) is 5.56 Å². The molecule has 2 fully saturated rings. The van der Waals surface area contributed by atoms with E-state index in [1.807, 2.05) is 41.1 Å². The number of nitrogens with zero attached hydrogens (tertiary/aromatic N) is 6. The summed E-state index contributed by atoms with van der Waals surface area (Å²) in [5, 5.41) is 13.9. The molecule has 6 rings (SSSR count). The summed E-state index contributed by atoms with van der Waals surface area (Å²) in [6, 6.07) is 18.6. The van der Waals surface area contributed by atoms with Crippen LogP contribution in [0, 0.1) is 6.92 Å². The quantitative estimate of drug-likeness (QED) is 0.498. The van der Waals surface area contributed by atoms with Gasteiger partial charge in [-0.25, -0.2) is 4.68 Å². The normalized spacial score (nSPS) is 20.0. The maximum atomic E-state index is 13.4. The summed E-state index contributed by atoms with van der Waals surface area (Å²) in [5.41, 5.74) is 3.76. The van der Waals surface area contributed by atoms with Crippen molar-refractivity contribution in [2.75, 3.05) is 26.2 Å². The van der Waals surface area contributed by atoms with Gasteiger partial charge in [-0.05, 0) is 65.9 Å². The van der Waals surface area contributed by atoms with E-state index in [2.05, 4.69) is 55.4 Å². The molecule has 2 saturated heterocycles. The molecule has 0 spiro atoms. The lowest BCUT2D eigenvalue weighted by molar-refractivity contribution is 0.0790. The Morgan fingerprint density at radius 1 is 1.09 bits per heavy atom. The Kier molecular flexibility index (Phi) is 5.47. The molecule has 174 valence electrons. The number of aromatic nitrogens is 5. The largest absolute Gasteiger partial charge is 0.322 e. The van der Waals surface area contributed by atoms with E-state index in [-0.39, 0.29) is 11.6 Å². The fraction of sp³-hybridized carbons (Fsp3) is 0.385. The standard InChI is InChI=1S/C26H29N7O/c1-18-9-10-23-20(14-18)15-22(26(34)27-23)24(32-13-12-31-11-5-8-21(31)17-32)25-28-29-30-33(25)16-19-6-3-2-4-7-19/h2-4,6-7,9-10,14-15,21,24H,5,8,11-13,16-17H2,1H3,(H,27,34)/t21-,24-/m1/s1. The monoisotopic (exact) mass is 455 g/mol. The van der Waals surface area contributed by atoms with Crippen molar-refractivity contribution >= 4 is 10.9 Å². The van der Waals surface area contributed by atoms with Crippen LogP contribution in [0.25, 0.3) is 10.9 Å². The van der Waals surface area contributed by atoms with E-state index in [9.17, 15) is 4.79 Å². The van der Waals surface area contributed by atoms with Gasteiger partial charge in [-0.2, -0.15) is 0 Å². The number of nitrogens with one attached hydrogen (secondary N) is 1. The zero-order valence-electron chi connectivity index (χ0n) is 19.4. The van der Waals surface area contributed by atoms with E-state index in [1.165, 1.54) is 19.4 Å². The maximum Gasteiger partial charge on any atom is 0.253 e. The fourth-order valence-corrected chi connectivity index (χ4v) is 5.57. The highest BCUT2D eigenvalue weighted by molar-refractivity contribution is 5.79. The van der Waals surface area contributed by atoms with Crippen LogP contribution in [-0.2, 0) is 6.54 Å². The Hall–Kier alpha value is -3.36. The molecule has 1 N–H and O–H groups in total. The molecule has 8 nitrogen and oxygen atoms in total. The van der Waals surface area contributed by atoms with Crippen molar-refractivity contribution in [1.82, 2.24) is 35.0 Å². The number of aryl methyl sites for hydroxylation is 1. The molecule has 0 aliphatic carbocycles. The molecular formula is C26H29N7O. The van der Waals surface area contributed by atoms with Crippen LogP contribution in [0.2, 0.25) is 0 Å². The molecule has 0 bridgehead atoms. The molecule has 2 atom stereocenters. The highest BCUT2D eigenvalue weighted by Crippen LogP contribution is 2.31. The predicted octanol–water partition coefficient (Wildman–Crippen LogP) is 2.74. The van der Waals surface area contributed by atoms with Crippen molar-refractivity contribution in [2.24, 2.45) is 0 Å². The van der Waals surface area contributed by atoms with E-state index in [0.717, 1.165) is 41.7 Å². The molecule has 4 heterocycles. The highest BCUT2D eigenvalue weighted by Gasteiger charge is 2.37. The second-order valence-electron chi connectivity index (χ2n) is 9.55. The number of rotatable bonds is 5. The summed E-state index contributed by atoms with van der Waals surface area (Å²) in [7, 11) is 0. The molecule has 4 aromatic rings. The molecule has 0 radical (unpaired) electrons. The molecule has 0 saturated carbocycles. The number of H-pyrrole nitrogens is 1. The van der Waals surface area contributed by atoms with Crippen molar-refractivity contribution in [1.29, 1.82) is 0 Å². The summed E-state index contributed by atoms with van der Waals surface area (Å²) in [4.78, 5) is 21.5. The van der Waals surface area contributed by atoms with Gasteiger partial charge in [0, 0.05) is 36.8 Å². The molecule has 2 aliphatic heterocycles. The van der Waals surface area contributed by atoms with Crippen LogP contribution in [-0.4, -0.2) is 67.2 Å². The fourth-order valence-electron chi connectivity index (χ4n) is 5.57. The number of pyridine rings is 1. The second-order valence-corrected chi connectivity index (χ2v) is 9.55. The van der Waals surface area contributed by atoms with Crippen LogP contribution >= 0.6 is 0 Å². The van der Waals surface area contributed by atoms with E-state index in [4.69, 9.17) is 0 Å². The number of tetrazole rings is 1. The van der Waals surface area contributed by atoms with Gasteiger partial charge < -0.3 is 4.98 Å². The number of aromatic amines is 1. The van der Waals surface area contributed by atoms with Crippen LogP contribution in [0.4, 0.5) is 0 Å². The first kappa shape index (κ1) is 21.2. The minimum Gasteiger partial charge on any atom is -0.322 e. The van der Waals surface area contributed by atoms with Crippen LogP contribution < -0.4 is 5.56 Å². The van der Waals surface area contributed by atoms with E-state index in [0.29, 0.717) is 24.0 Å². The number of hydrogen-bond donors (Lipinski definition) is 1. The lowest BCUT2D eigenvalue weighted by Gasteiger charge is -2.41. The van der Waals surface area contributed by atoms with Crippen LogP contribution in [0.5, 0.6) is 0 Å². The minimum absolute atomic E-state index is 0.0792. The molecule has 34 heavy (non-hydrogen) atoms. The number of hydrogen-bond acceptors (Lipinski definition) is 6. The third-order valence-electron chi connectivity index (χ3n) is 7.29. The second kappa shape index (κ2) is 8.77. The average Bonchev–Trinajstić information content (AvgIpc) is 3.50. The predicted molar refractivity (Wildman–Crippen MR) is 131 cm³/mol. The van der Waals surface area contributed by atoms with Gasteiger partial charge in [0.2, 0.25) is 0 Å². The Bertz CT molecular complexity index is 1360. The van der Waals surface area contributed by atoms with Crippen LogP contribution in [0.3, 0.4) is 0 Å². The summed E-state index contributed by atoms with van der Waals surface area (Å²) in [6.07, 6.45) is 2.44.